The molecule has 2 N–H and O–H groups in total. The minimum absolute atomic E-state index is 0.101. The Morgan fingerprint density at radius 3 is 2.46 bits per heavy atom. The molecule has 0 amide bonds. The van der Waals surface area contributed by atoms with E-state index in [-0.39, 0.29) is 17.0 Å². The molecule has 1 atom stereocenters. The summed E-state index contributed by atoms with van der Waals surface area (Å²) in [6.07, 6.45) is 1.78. The lowest BCUT2D eigenvalue weighted by Crippen LogP contribution is -2.38. The zero-order valence-electron chi connectivity index (χ0n) is 13.2. The standard InChI is InChI=1S/C18H10N4OS3/c19-6-12-15(11-2-4-25-9-11)13(7-20)18-22(16(12)21)17(23)14(26-18)5-10-1-3-24-8-10/h1-5,8-9,15H,21H2/b14-5+/t15-/m1/s1. The number of thiophene rings is 2. The molecule has 3 aromatic rings. The predicted molar refractivity (Wildman–Crippen MR) is 105 cm³/mol. The summed E-state index contributed by atoms with van der Waals surface area (Å²) in [6, 6.07) is 8.09. The molecule has 1 aliphatic heterocycles. The van der Waals surface area contributed by atoms with E-state index in [0.717, 1.165) is 11.1 Å². The van der Waals surface area contributed by atoms with Gasteiger partial charge in [-0.2, -0.15) is 33.2 Å². The number of thiazole rings is 1. The fourth-order valence-electron chi connectivity index (χ4n) is 2.93. The van der Waals surface area contributed by atoms with E-state index in [1.165, 1.54) is 38.6 Å². The molecule has 0 saturated heterocycles. The first-order valence-corrected chi connectivity index (χ1v) is 10.2. The van der Waals surface area contributed by atoms with Crippen LogP contribution in [-0.2, 0) is 0 Å². The molecule has 0 saturated carbocycles. The highest BCUT2D eigenvalue weighted by Crippen LogP contribution is 2.36. The first kappa shape index (κ1) is 16.6. The van der Waals surface area contributed by atoms with Crippen molar-refractivity contribution in [2.24, 2.45) is 5.73 Å². The second-order valence-electron chi connectivity index (χ2n) is 5.54. The van der Waals surface area contributed by atoms with Crippen LogP contribution in [0.5, 0.6) is 0 Å². The molecule has 0 aliphatic carbocycles. The van der Waals surface area contributed by atoms with E-state index in [2.05, 4.69) is 12.1 Å². The quantitative estimate of drug-likeness (QED) is 0.719. The van der Waals surface area contributed by atoms with Gasteiger partial charge in [-0.25, -0.2) is 0 Å². The van der Waals surface area contributed by atoms with Gasteiger partial charge in [0.25, 0.3) is 5.56 Å². The third-order valence-electron chi connectivity index (χ3n) is 4.11. The molecule has 5 nitrogen and oxygen atoms in total. The summed E-state index contributed by atoms with van der Waals surface area (Å²) in [5.41, 5.74) is 8.25. The highest BCUT2D eigenvalue weighted by molar-refractivity contribution is 7.08. The van der Waals surface area contributed by atoms with E-state index in [4.69, 9.17) is 5.73 Å². The third-order valence-corrected chi connectivity index (χ3v) is 6.62. The highest BCUT2D eigenvalue weighted by Gasteiger charge is 2.32. The predicted octanol–water partition coefficient (Wildman–Crippen LogP) is 1.98. The first-order chi connectivity index (χ1) is 12.7. The van der Waals surface area contributed by atoms with Crippen LogP contribution in [-0.4, -0.2) is 4.57 Å². The molecule has 3 aromatic heterocycles. The van der Waals surface area contributed by atoms with E-state index in [0.29, 0.717) is 14.8 Å². The molecule has 4 rings (SSSR count). The summed E-state index contributed by atoms with van der Waals surface area (Å²) < 4.78 is 2.27. The van der Waals surface area contributed by atoms with Gasteiger partial charge in [0, 0.05) is 0 Å². The van der Waals surface area contributed by atoms with Gasteiger partial charge in [0.15, 0.2) is 0 Å². The molecule has 0 unspecified atom stereocenters. The number of allylic oxidation sites excluding steroid dienone is 1. The Hall–Kier alpha value is -2.91. The van der Waals surface area contributed by atoms with E-state index in [1.54, 1.807) is 6.08 Å². The van der Waals surface area contributed by atoms with Gasteiger partial charge in [0.05, 0.1) is 33.7 Å². The van der Waals surface area contributed by atoms with Crippen molar-refractivity contribution in [1.82, 2.24) is 4.57 Å². The van der Waals surface area contributed by atoms with Crippen molar-refractivity contribution >= 4 is 51.5 Å². The van der Waals surface area contributed by atoms with Crippen molar-refractivity contribution in [3.8, 4) is 12.1 Å². The lowest BCUT2D eigenvalue weighted by atomic mass is 9.86. The molecule has 0 radical (unpaired) electrons. The van der Waals surface area contributed by atoms with Crippen LogP contribution in [0.15, 0.2) is 44.0 Å². The van der Waals surface area contributed by atoms with Crippen LogP contribution in [0.2, 0.25) is 0 Å². The van der Waals surface area contributed by atoms with Gasteiger partial charge in [-0.15, -0.1) is 11.3 Å². The van der Waals surface area contributed by atoms with Crippen LogP contribution < -0.4 is 20.5 Å². The van der Waals surface area contributed by atoms with Crippen molar-refractivity contribution in [3.63, 3.8) is 0 Å². The number of nitrogens with zero attached hydrogens (tertiary/aromatic N) is 3. The largest absolute Gasteiger partial charge is 0.384 e. The van der Waals surface area contributed by atoms with Gasteiger partial charge in [-0.1, -0.05) is 0 Å². The number of nitrogens with two attached hydrogens (primary N) is 1. The van der Waals surface area contributed by atoms with Crippen LogP contribution >= 0.6 is 34.0 Å². The lowest BCUT2D eigenvalue weighted by Gasteiger charge is -2.21. The minimum Gasteiger partial charge on any atom is -0.384 e. The molecule has 8 heteroatoms. The van der Waals surface area contributed by atoms with Crippen molar-refractivity contribution in [3.05, 3.63) is 69.9 Å². The van der Waals surface area contributed by atoms with Crippen LogP contribution in [0, 0.1) is 22.7 Å². The Balaban J connectivity index is 2.11. The maximum atomic E-state index is 12.9. The molecule has 0 fully saturated rings. The topological polar surface area (TPSA) is 95.6 Å². The van der Waals surface area contributed by atoms with Gasteiger partial charge < -0.3 is 5.73 Å². The number of hydrogen-bond acceptors (Lipinski definition) is 7. The Bertz CT molecular complexity index is 1280. The molecule has 0 aromatic carbocycles. The molecule has 0 bridgehead atoms. The number of fused-ring (bicyclic) bond motifs is 1. The fourth-order valence-corrected chi connectivity index (χ4v) is 5.36. The van der Waals surface area contributed by atoms with Crippen LogP contribution in [0.1, 0.15) is 17.0 Å². The van der Waals surface area contributed by atoms with E-state index in [1.807, 2.05) is 33.7 Å². The van der Waals surface area contributed by atoms with Crippen LogP contribution in [0.4, 0.5) is 0 Å². The van der Waals surface area contributed by atoms with E-state index >= 15 is 0 Å². The summed E-state index contributed by atoms with van der Waals surface area (Å²) in [5, 5.41) is 27.1. The maximum absolute atomic E-state index is 12.9. The normalized spacial score (nSPS) is 17.1. The van der Waals surface area contributed by atoms with Crippen LogP contribution in [0.3, 0.4) is 0 Å². The average Bonchev–Trinajstić information content (AvgIpc) is 3.38. The maximum Gasteiger partial charge on any atom is 0.274 e. The number of rotatable bonds is 2. The molecule has 26 heavy (non-hydrogen) atoms. The Morgan fingerprint density at radius 1 is 1.12 bits per heavy atom. The summed E-state index contributed by atoms with van der Waals surface area (Å²) in [7, 11) is 0. The van der Waals surface area contributed by atoms with Crippen molar-refractivity contribution in [1.29, 1.82) is 10.5 Å². The van der Waals surface area contributed by atoms with E-state index in [9.17, 15) is 15.3 Å². The van der Waals surface area contributed by atoms with Gasteiger partial charge >= 0.3 is 0 Å². The first-order valence-electron chi connectivity index (χ1n) is 7.48. The Morgan fingerprint density at radius 2 is 1.85 bits per heavy atom. The zero-order valence-corrected chi connectivity index (χ0v) is 15.6. The monoisotopic (exact) mass is 394 g/mol. The van der Waals surface area contributed by atoms with Gasteiger partial charge in [-0.3, -0.25) is 9.36 Å². The smallest absolute Gasteiger partial charge is 0.274 e. The number of hydrogen-bond donors (Lipinski definition) is 1. The molecule has 4 heterocycles. The Kier molecular flexibility index (Phi) is 4.09. The fraction of sp³-hybridized carbons (Fsp3) is 0.0556. The number of nitriles is 2. The average molecular weight is 395 g/mol. The molecular weight excluding hydrogens is 384 g/mol. The summed E-state index contributed by atoms with van der Waals surface area (Å²) in [4.78, 5) is 12.9. The van der Waals surface area contributed by atoms with Gasteiger partial charge in [0.1, 0.15) is 10.5 Å². The van der Waals surface area contributed by atoms with Gasteiger partial charge in [-0.05, 0) is 50.9 Å². The highest BCUT2D eigenvalue weighted by atomic mass is 32.1. The summed E-state index contributed by atoms with van der Waals surface area (Å²) in [6.45, 7) is 0. The summed E-state index contributed by atoms with van der Waals surface area (Å²) in [5.74, 6) is -0.438. The second kappa shape index (κ2) is 6.43. The molecular formula is C18H10N4OS3. The molecule has 0 spiro atoms. The van der Waals surface area contributed by atoms with E-state index < -0.39 is 5.92 Å². The van der Waals surface area contributed by atoms with Crippen molar-refractivity contribution in [2.45, 2.75) is 5.92 Å². The summed E-state index contributed by atoms with van der Waals surface area (Å²) >= 11 is 4.26. The van der Waals surface area contributed by atoms with Gasteiger partial charge in [0.2, 0.25) is 0 Å². The Labute approximate surface area is 160 Å². The third kappa shape index (κ3) is 2.44. The minimum atomic E-state index is -0.539. The van der Waals surface area contributed by atoms with Crippen molar-refractivity contribution < 1.29 is 0 Å². The lowest BCUT2D eigenvalue weighted by molar-refractivity contribution is 0.908. The zero-order chi connectivity index (χ0) is 18.3. The SMILES string of the molecule is N#CC1=C(N)n2c(s/c(=C/c3ccsc3)c2=O)=C(C#N)[C@@H]1c1ccsc1. The molecule has 126 valence electrons. The second-order valence-corrected chi connectivity index (χ2v) is 8.13. The molecule has 1 aliphatic rings. The van der Waals surface area contributed by atoms with Crippen LogP contribution in [0.25, 0.3) is 17.5 Å². The van der Waals surface area contributed by atoms with Crippen molar-refractivity contribution in [2.75, 3.05) is 0 Å². The number of aromatic nitrogens is 1.